The van der Waals surface area contributed by atoms with Gasteiger partial charge in [-0.2, -0.15) is 8.78 Å². The molecule has 1 atom stereocenters. The predicted molar refractivity (Wildman–Crippen MR) is 63.6 cm³/mol. The Bertz CT molecular complexity index is 367. The number of rotatable bonds is 6. The van der Waals surface area contributed by atoms with Crippen LogP contribution in [-0.2, 0) is 6.42 Å². The van der Waals surface area contributed by atoms with E-state index in [-0.39, 0.29) is 6.04 Å². The fourth-order valence-electron chi connectivity index (χ4n) is 1.43. The van der Waals surface area contributed by atoms with Crippen LogP contribution < -0.4 is 5.32 Å². The van der Waals surface area contributed by atoms with Crippen molar-refractivity contribution in [3.8, 4) is 0 Å². The van der Waals surface area contributed by atoms with E-state index in [0.717, 1.165) is 5.56 Å². The van der Waals surface area contributed by atoms with Gasteiger partial charge in [0.1, 0.15) is 0 Å². The van der Waals surface area contributed by atoms with Crippen molar-refractivity contribution >= 4 is 11.6 Å². The standard InChI is InChI=1S/C12H14ClF4N/c1-8(18-7-12(16,17)11(14)15)6-9-2-4-10(13)5-3-9/h2-5,8,11,18H,6-7H2,1H3. The molecule has 18 heavy (non-hydrogen) atoms. The topological polar surface area (TPSA) is 12.0 Å². The van der Waals surface area contributed by atoms with Gasteiger partial charge in [-0.1, -0.05) is 23.7 Å². The van der Waals surface area contributed by atoms with Crippen LogP contribution in [0.3, 0.4) is 0 Å². The molecule has 0 aliphatic rings. The van der Waals surface area contributed by atoms with Gasteiger partial charge in [0.2, 0.25) is 0 Å². The second-order valence-corrected chi connectivity index (χ2v) is 4.61. The number of nitrogens with one attached hydrogen (secondary N) is 1. The zero-order chi connectivity index (χ0) is 13.8. The number of alkyl halides is 4. The Morgan fingerprint density at radius 1 is 1.22 bits per heavy atom. The summed E-state index contributed by atoms with van der Waals surface area (Å²) in [4.78, 5) is 0. The number of halogens is 5. The highest BCUT2D eigenvalue weighted by molar-refractivity contribution is 6.30. The van der Waals surface area contributed by atoms with E-state index in [1.54, 1.807) is 31.2 Å². The zero-order valence-electron chi connectivity index (χ0n) is 9.77. The van der Waals surface area contributed by atoms with E-state index in [9.17, 15) is 17.6 Å². The molecule has 0 aliphatic carbocycles. The molecule has 0 saturated carbocycles. The Hall–Kier alpha value is -0.810. The van der Waals surface area contributed by atoms with Crippen LogP contribution in [0.25, 0.3) is 0 Å². The van der Waals surface area contributed by atoms with Gasteiger partial charge in [0, 0.05) is 11.1 Å². The van der Waals surface area contributed by atoms with Crippen molar-refractivity contribution in [3.63, 3.8) is 0 Å². The van der Waals surface area contributed by atoms with Gasteiger partial charge in [0.15, 0.2) is 0 Å². The molecule has 0 radical (unpaired) electrons. The van der Waals surface area contributed by atoms with Crippen molar-refractivity contribution < 1.29 is 17.6 Å². The first-order valence-electron chi connectivity index (χ1n) is 5.45. The van der Waals surface area contributed by atoms with Crippen LogP contribution in [0.5, 0.6) is 0 Å². The van der Waals surface area contributed by atoms with Crippen LogP contribution in [0.15, 0.2) is 24.3 Å². The van der Waals surface area contributed by atoms with Crippen molar-refractivity contribution in [1.82, 2.24) is 5.32 Å². The average molecular weight is 284 g/mol. The zero-order valence-corrected chi connectivity index (χ0v) is 10.5. The highest BCUT2D eigenvalue weighted by Gasteiger charge is 2.40. The molecule has 102 valence electrons. The third-order valence-electron chi connectivity index (χ3n) is 2.46. The van der Waals surface area contributed by atoms with Crippen LogP contribution in [0.2, 0.25) is 5.02 Å². The Morgan fingerprint density at radius 2 is 1.78 bits per heavy atom. The van der Waals surface area contributed by atoms with Gasteiger partial charge in [0.05, 0.1) is 6.54 Å². The van der Waals surface area contributed by atoms with Gasteiger partial charge in [0.25, 0.3) is 0 Å². The van der Waals surface area contributed by atoms with Crippen LogP contribution in [0.1, 0.15) is 12.5 Å². The highest BCUT2D eigenvalue weighted by Crippen LogP contribution is 2.21. The summed E-state index contributed by atoms with van der Waals surface area (Å²) in [5.74, 6) is -3.99. The molecule has 1 nitrogen and oxygen atoms in total. The summed E-state index contributed by atoms with van der Waals surface area (Å²) in [5.41, 5.74) is 0.903. The van der Waals surface area contributed by atoms with E-state index in [1.807, 2.05) is 0 Å². The summed E-state index contributed by atoms with van der Waals surface area (Å²) >= 11 is 5.71. The Labute approximate surface area is 108 Å². The first-order valence-corrected chi connectivity index (χ1v) is 5.83. The van der Waals surface area contributed by atoms with E-state index < -0.39 is 18.9 Å². The van der Waals surface area contributed by atoms with Gasteiger partial charge in [-0.05, 0) is 31.0 Å². The van der Waals surface area contributed by atoms with Crippen molar-refractivity contribution in [2.45, 2.75) is 31.7 Å². The minimum Gasteiger partial charge on any atom is -0.308 e. The van der Waals surface area contributed by atoms with Crippen molar-refractivity contribution in [2.75, 3.05) is 6.54 Å². The summed E-state index contributed by atoms with van der Waals surface area (Å²) in [5, 5.41) is 2.99. The molecule has 1 unspecified atom stereocenters. The van der Waals surface area contributed by atoms with E-state index in [1.165, 1.54) is 0 Å². The maximum atomic E-state index is 12.7. The molecule has 0 amide bonds. The van der Waals surface area contributed by atoms with Crippen LogP contribution >= 0.6 is 11.6 Å². The third kappa shape index (κ3) is 4.82. The summed E-state index contributed by atoms with van der Waals surface area (Å²) in [6.07, 6.45) is -3.18. The molecule has 1 N–H and O–H groups in total. The van der Waals surface area contributed by atoms with E-state index in [4.69, 9.17) is 11.6 Å². The monoisotopic (exact) mass is 283 g/mol. The largest absolute Gasteiger partial charge is 0.319 e. The Morgan fingerprint density at radius 3 is 2.28 bits per heavy atom. The van der Waals surface area contributed by atoms with Crippen molar-refractivity contribution in [2.24, 2.45) is 0 Å². The van der Waals surface area contributed by atoms with Gasteiger partial charge in [-0.25, -0.2) is 8.78 Å². The molecule has 0 saturated heterocycles. The lowest BCUT2D eigenvalue weighted by molar-refractivity contribution is -0.126. The van der Waals surface area contributed by atoms with Crippen molar-refractivity contribution in [1.29, 1.82) is 0 Å². The SMILES string of the molecule is CC(Cc1ccc(Cl)cc1)NCC(F)(F)C(F)F. The molecule has 0 bridgehead atoms. The molecule has 6 heteroatoms. The molecule has 0 fully saturated rings. The molecular formula is C12H14ClF4N. The molecule has 1 aromatic carbocycles. The maximum absolute atomic E-state index is 12.7. The first-order chi connectivity index (χ1) is 8.31. The third-order valence-corrected chi connectivity index (χ3v) is 2.71. The second kappa shape index (κ2) is 6.38. The van der Waals surface area contributed by atoms with Crippen molar-refractivity contribution in [3.05, 3.63) is 34.9 Å². The lowest BCUT2D eigenvalue weighted by atomic mass is 10.1. The Balaban J connectivity index is 2.42. The molecule has 0 aliphatic heterocycles. The minimum absolute atomic E-state index is 0.323. The van der Waals surface area contributed by atoms with Gasteiger partial charge < -0.3 is 5.32 Å². The summed E-state index contributed by atoms with van der Waals surface area (Å²) in [6, 6.07) is 6.60. The minimum atomic E-state index is -3.99. The molecule has 1 rings (SSSR count). The lowest BCUT2D eigenvalue weighted by Crippen LogP contribution is -2.42. The molecule has 0 aromatic heterocycles. The smallest absolute Gasteiger partial charge is 0.308 e. The molecule has 0 spiro atoms. The number of hydrogen-bond donors (Lipinski definition) is 1. The van der Waals surface area contributed by atoms with Gasteiger partial charge >= 0.3 is 12.3 Å². The molecule has 0 heterocycles. The van der Waals surface area contributed by atoms with Crippen LogP contribution in [-0.4, -0.2) is 24.9 Å². The Kier molecular flexibility index (Phi) is 5.41. The van der Waals surface area contributed by atoms with E-state index in [2.05, 4.69) is 5.32 Å². The second-order valence-electron chi connectivity index (χ2n) is 4.17. The molecular weight excluding hydrogens is 270 g/mol. The fraction of sp³-hybridized carbons (Fsp3) is 0.500. The maximum Gasteiger partial charge on any atom is 0.319 e. The highest BCUT2D eigenvalue weighted by atomic mass is 35.5. The molecule has 1 aromatic rings. The summed E-state index contributed by atoms with van der Waals surface area (Å²) in [7, 11) is 0. The fourth-order valence-corrected chi connectivity index (χ4v) is 1.56. The number of hydrogen-bond acceptors (Lipinski definition) is 1. The first kappa shape index (κ1) is 15.2. The number of benzene rings is 1. The summed E-state index contributed by atoms with van der Waals surface area (Å²) in [6.45, 7) is 0.635. The van der Waals surface area contributed by atoms with E-state index in [0.29, 0.717) is 11.4 Å². The normalized spacial score (nSPS) is 13.9. The average Bonchev–Trinajstić information content (AvgIpc) is 2.29. The van der Waals surface area contributed by atoms with Crippen LogP contribution in [0, 0.1) is 0 Å². The van der Waals surface area contributed by atoms with Crippen LogP contribution in [0.4, 0.5) is 17.6 Å². The van der Waals surface area contributed by atoms with Gasteiger partial charge in [-0.3, -0.25) is 0 Å². The summed E-state index contributed by atoms with van der Waals surface area (Å²) < 4.78 is 49.2. The quantitative estimate of drug-likeness (QED) is 0.784. The van der Waals surface area contributed by atoms with E-state index >= 15 is 0 Å². The lowest BCUT2D eigenvalue weighted by Gasteiger charge is -2.19. The predicted octanol–water partition coefficient (Wildman–Crippen LogP) is 3.76. The van der Waals surface area contributed by atoms with Gasteiger partial charge in [-0.15, -0.1) is 0 Å².